The summed E-state index contributed by atoms with van der Waals surface area (Å²) < 4.78 is 1.72. The maximum absolute atomic E-state index is 10.1. The first kappa shape index (κ1) is 12.3. The minimum Gasteiger partial charge on any atom is -0.389 e. The van der Waals surface area contributed by atoms with Crippen molar-refractivity contribution in [3.8, 4) is 0 Å². The fraction of sp³-hybridized carbons (Fsp3) is 0.778. The minimum atomic E-state index is -0.620. The highest BCUT2D eigenvalue weighted by Crippen LogP contribution is 2.25. The molecule has 1 aromatic heterocycles. The van der Waals surface area contributed by atoms with E-state index in [9.17, 15) is 5.11 Å². The van der Waals surface area contributed by atoms with E-state index in [-0.39, 0.29) is 0 Å². The van der Waals surface area contributed by atoms with Gasteiger partial charge in [-0.05, 0) is 12.8 Å². The van der Waals surface area contributed by atoms with Crippen LogP contribution < -0.4 is 5.73 Å². The second-order valence-electron chi connectivity index (χ2n) is 3.62. The Morgan fingerprint density at radius 1 is 1.40 bits per heavy atom. The summed E-state index contributed by atoms with van der Waals surface area (Å²) >= 11 is 1.48. The molecule has 15 heavy (non-hydrogen) atoms. The molecule has 0 amide bonds. The van der Waals surface area contributed by atoms with E-state index < -0.39 is 5.60 Å². The van der Waals surface area contributed by atoms with Crippen LogP contribution in [0.1, 0.15) is 26.7 Å². The first-order chi connectivity index (χ1) is 7.02. The largest absolute Gasteiger partial charge is 0.389 e. The average Bonchev–Trinajstić information content (AvgIpc) is 2.57. The minimum absolute atomic E-state index is 0.397. The molecule has 0 bridgehead atoms. The van der Waals surface area contributed by atoms with Gasteiger partial charge in [-0.2, -0.15) is 0 Å². The molecule has 1 heterocycles. The Labute approximate surface area is 94.1 Å². The van der Waals surface area contributed by atoms with Crippen molar-refractivity contribution in [1.82, 2.24) is 14.8 Å². The van der Waals surface area contributed by atoms with Crippen molar-refractivity contribution in [2.24, 2.45) is 7.05 Å². The van der Waals surface area contributed by atoms with Crippen LogP contribution in [0.25, 0.3) is 0 Å². The summed E-state index contributed by atoms with van der Waals surface area (Å²) in [5.41, 5.74) is 4.94. The van der Waals surface area contributed by atoms with E-state index in [1.54, 1.807) is 4.57 Å². The molecule has 0 spiro atoms. The lowest BCUT2D eigenvalue weighted by molar-refractivity contribution is 0.0571. The topological polar surface area (TPSA) is 77.0 Å². The zero-order chi connectivity index (χ0) is 11.5. The van der Waals surface area contributed by atoms with Gasteiger partial charge in [0.25, 0.3) is 0 Å². The number of aromatic nitrogens is 3. The molecular formula is C9H18N4OS. The Bertz CT molecular complexity index is 322. The smallest absolute Gasteiger partial charge is 0.222 e. The molecule has 3 N–H and O–H groups in total. The van der Waals surface area contributed by atoms with Gasteiger partial charge in [-0.3, -0.25) is 4.57 Å². The van der Waals surface area contributed by atoms with Crippen LogP contribution in [0.15, 0.2) is 5.16 Å². The highest BCUT2D eigenvalue weighted by molar-refractivity contribution is 7.99. The third-order valence-corrected chi connectivity index (χ3v) is 3.95. The van der Waals surface area contributed by atoms with Crippen LogP contribution in [0.5, 0.6) is 0 Å². The molecule has 86 valence electrons. The molecule has 0 saturated carbocycles. The van der Waals surface area contributed by atoms with Gasteiger partial charge < -0.3 is 10.8 Å². The lowest BCUT2D eigenvalue weighted by Gasteiger charge is -2.23. The first-order valence-corrected chi connectivity index (χ1v) is 6.01. The summed E-state index contributed by atoms with van der Waals surface area (Å²) in [5.74, 6) is 1.01. The van der Waals surface area contributed by atoms with Crippen molar-refractivity contribution in [2.45, 2.75) is 37.4 Å². The molecule has 1 rings (SSSR count). The first-order valence-electron chi connectivity index (χ1n) is 5.02. The van der Waals surface area contributed by atoms with Crippen LogP contribution in [0.2, 0.25) is 0 Å². The number of nitrogen functional groups attached to an aromatic ring is 1. The van der Waals surface area contributed by atoms with Gasteiger partial charge in [0.1, 0.15) is 0 Å². The SMILES string of the molecule is CCC(O)(CC)CSc1nnc(N)n1C. The molecule has 5 nitrogen and oxygen atoms in total. The van der Waals surface area contributed by atoms with Gasteiger partial charge in [-0.25, -0.2) is 0 Å². The zero-order valence-corrected chi connectivity index (χ0v) is 10.2. The van der Waals surface area contributed by atoms with Gasteiger partial charge in [0.05, 0.1) is 5.60 Å². The second-order valence-corrected chi connectivity index (χ2v) is 4.56. The molecule has 0 radical (unpaired) electrons. The van der Waals surface area contributed by atoms with E-state index in [1.165, 1.54) is 11.8 Å². The highest BCUT2D eigenvalue weighted by atomic mass is 32.2. The Morgan fingerprint density at radius 2 is 2.00 bits per heavy atom. The van der Waals surface area contributed by atoms with Crippen molar-refractivity contribution in [2.75, 3.05) is 11.5 Å². The lowest BCUT2D eigenvalue weighted by Crippen LogP contribution is -2.29. The molecule has 0 aliphatic rings. The molecule has 6 heteroatoms. The standard InChI is InChI=1S/C9H18N4OS/c1-4-9(14,5-2)6-15-8-12-11-7(10)13(8)3/h14H,4-6H2,1-3H3,(H2,10,11). The van der Waals surface area contributed by atoms with E-state index in [1.807, 2.05) is 20.9 Å². The fourth-order valence-corrected chi connectivity index (χ4v) is 2.30. The number of nitrogens with two attached hydrogens (primary N) is 1. The molecule has 0 aromatic carbocycles. The number of anilines is 1. The van der Waals surface area contributed by atoms with Crippen LogP contribution in [-0.2, 0) is 7.05 Å². The molecule has 0 unspecified atom stereocenters. The maximum atomic E-state index is 10.1. The van der Waals surface area contributed by atoms with Gasteiger partial charge in [-0.1, -0.05) is 25.6 Å². The Morgan fingerprint density at radius 3 is 2.40 bits per heavy atom. The van der Waals surface area contributed by atoms with Crippen LogP contribution in [0.3, 0.4) is 0 Å². The van der Waals surface area contributed by atoms with E-state index in [0.717, 1.165) is 18.0 Å². The van der Waals surface area contributed by atoms with Crippen molar-refractivity contribution >= 4 is 17.7 Å². The number of rotatable bonds is 5. The van der Waals surface area contributed by atoms with E-state index in [0.29, 0.717) is 11.7 Å². The molecule has 1 aromatic rings. The Balaban J connectivity index is 2.60. The fourth-order valence-electron chi connectivity index (χ4n) is 1.10. The second kappa shape index (κ2) is 4.85. The Hall–Kier alpha value is -0.750. The summed E-state index contributed by atoms with van der Waals surface area (Å²) in [5, 5.41) is 18.5. The summed E-state index contributed by atoms with van der Waals surface area (Å²) in [4.78, 5) is 0. The highest BCUT2D eigenvalue weighted by Gasteiger charge is 2.23. The molecule has 0 aliphatic carbocycles. The zero-order valence-electron chi connectivity index (χ0n) is 9.40. The van der Waals surface area contributed by atoms with Gasteiger partial charge in [0.15, 0.2) is 5.16 Å². The summed E-state index contributed by atoms with van der Waals surface area (Å²) in [6.07, 6.45) is 1.48. The monoisotopic (exact) mass is 230 g/mol. The number of hydrogen-bond donors (Lipinski definition) is 2. The van der Waals surface area contributed by atoms with Crippen LogP contribution in [0.4, 0.5) is 5.95 Å². The third-order valence-electron chi connectivity index (χ3n) is 2.65. The van der Waals surface area contributed by atoms with Gasteiger partial charge in [-0.15, -0.1) is 10.2 Å². The normalized spacial score (nSPS) is 12.0. The van der Waals surface area contributed by atoms with Gasteiger partial charge in [0.2, 0.25) is 5.95 Å². The molecule has 0 aliphatic heterocycles. The summed E-state index contributed by atoms with van der Waals surface area (Å²) in [7, 11) is 1.81. The quantitative estimate of drug-likeness (QED) is 0.739. The van der Waals surface area contributed by atoms with Crippen LogP contribution in [-0.4, -0.2) is 31.2 Å². The summed E-state index contributed by atoms with van der Waals surface area (Å²) in [6, 6.07) is 0. The van der Waals surface area contributed by atoms with Crippen molar-refractivity contribution < 1.29 is 5.11 Å². The number of thioether (sulfide) groups is 1. The third kappa shape index (κ3) is 2.85. The molecular weight excluding hydrogens is 212 g/mol. The Kier molecular flexibility index (Phi) is 3.98. The molecule has 0 saturated heterocycles. The van der Waals surface area contributed by atoms with Crippen molar-refractivity contribution in [3.05, 3.63) is 0 Å². The van der Waals surface area contributed by atoms with Crippen molar-refractivity contribution in [1.29, 1.82) is 0 Å². The molecule has 0 fully saturated rings. The van der Waals surface area contributed by atoms with Crippen molar-refractivity contribution in [3.63, 3.8) is 0 Å². The van der Waals surface area contributed by atoms with Crippen LogP contribution in [0, 0.1) is 0 Å². The number of hydrogen-bond acceptors (Lipinski definition) is 5. The van der Waals surface area contributed by atoms with Gasteiger partial charge >= 0.3 is 0 Å². The number of nitrogens with zero attached hydrogens (tertiary/aromatic N) is 3. The predicted octanol–water partition coefficient (Wildman–Crippen LogP) is 1.04. The van der Waals surface area contributed by atoms with E-state index in [4.69, 9.17) is 5.73 Å². The average molecular weight is 230 g/mol. The molecule has 0 atom stereocenters. The van der Waals surface area contributed by atoms with Gasteiger partial charge in [0, 0.05) is 12.8 Å². The lowest BCUT2D eigenvalue weighted by atomic mass is 10.0. The van der Waals surface area contributed by atoms with E-state index >= 15 is 0 Å². The predicted molar refractivity (Wildman–Crippen MR) is 61.7 cm³/mol. The maximum Gasteiger partial charge on any atom is 0.222 e. The number of aliphatic hydroxyl groups is 1. The van der Waals surface area contributed by atoms with Crippen LogP contribution >= 0.6 is 11.8 Å². The van der Waals surface area contributed by atoms with E-state index in [2.05, 4.69) is 10.2 Å². The summed E-state index contributed by atoms with van der Waals surface area (Å²) in [6.45, 7) is 3.96.